The van der Waals surface area contributed by atoms with Crippen LogP contribution in [0.2, 0.25) is 0 Å². The first kappa shape index (κ1) is 17.1. The predicted molar refractivity (Wildman–Crippen MR) is 96.4 cm³/mol. The molecule has 0 bridgehead atoms. The molecule has 0 nitrogen and oxygen atoms in total. The van der Waals surface area contributed by atoms with Crippen molar-refractivity contribution in [2.24, 2.45) is 0 Å². The quantitative estimate of drug-likeness (QED) is 0.526. The molecule has 0 aliphatic rings. The number of hydrogen-bond acceptors (Lipinski definition) is 1. The van der Waals surface area contributed by atoms with Crippen LogP contribution in [0.3, 0.4) is 0 Å². The molecule has 1 atom stereocenters. The average Bonchev–Trinajstić information content (AvgIpc) is 2.53. The zero-order valence-corrected chi connectivity index (χ0v) is 14.7. The molecule has 2 aromatic rings. The van der Waals surface area contributed by atoms with Gasteiger partial charge in [-0.05, 0) is 40.7 Å². The first-order valence-corrected chi connectivity index (χ1v) is 8.89. The highest BCUT2D eigenvalue weighted by Crippen LogP contribution is 2.36. The van der Waals surface area contributed by atoms with E-state index in [1.807, 2.05) is 36.0 Å². The summed E-state index contributed by atoms with van der Waals surface area (Å²) >= 11 is 1.90. The Bertz CT molecular complexity index is 602. The molecule has 0 radical (unpaired) electrons. The average molecular weight is 316 g/mol. The molecular formula is C20H25FS. The minimum absolute atomic E-state index is 0.402. The molecule has 0 aliphatic heterocycles. The van der Waals surface area contributed by atoms with E-state index in [2.05, 4.69) is 45.9 Å². The van der Waals surface area contributed by atoms with E-state index >= 15 is 0 Å². The van der Waals surface area contributed by atoms with Gasteiger partial charge in [0.25, 0.3) is 0 Å². The topological polar surface area (TPSA) is 0 Å². The van der Waals surface area contributed by atoms with Crippen LogP contribution in [0.4, 0.5) is 4.39 Å². The Morgan fingerprint density at radius 2 is 1.68 bits per heavy atom. The first-order valence-electron chi connectivity index (χ1n) is 8.01. The van der Waals surface area contributed by atoms with E-state index in [1.165, 1.54) is 16.0 Å². The van der Waals surface area contributed by atoms with Crippen molar-refractivity contribution in [2.45, 2.75) is 56.9 Å². The van der Waals surface area contributed by atoms with Gasteiger partial charge in [0, 0.05) is 10.1 Å². The summed E-state index contributed by atoms with van der Waals surface area (Å²) in [6, 6.07) is 14.6. The third-order valence-corrected chi connectivity index (χ3v) is 5.03. The fourth-order valence-corrected chi connectivity index (χ4v) is 3.47. The summed E-state index contributed by atoms with van der Waals surface area (Å²) in [5.41, 5.74) is 4.54. The van der Waals surface area contributed by atoms with Gasteiger partial charge in [0.05, 0.1) is 0 Å². The second-order valence-electron chi connectivity index (χ2n) is 6.06. The van der Waals surface area contributed by atoms with Gasteiger partial charge in [-0.25, -0.2) is 4.39 Å². The molecule has 0 N–H and O–H groups in total. The molecule has 0 heterocycles. The number of rotatable bonds is 6. The Morgan fingerprint density at radius 3 is 2.23 bits per heavy atom. The summed E-state index contributed by atoms with van der Waals surface area (Å²) in [5.74, 6) is 0.578. The molecule has 2 rings (SSSR count). The maximum Gasteiger partial charge on any atom is 0.115 e. The SMILES string of the molecule is CCC(C)c1ccc(-c2ccc(CF)cc2)c(SC(C)C)c1. The Balaban J connectivity index is 2.43. The van der Waals surface area contributed by atoms with Crippen LogP contribution in [0.25, 0.3) is 11.1 Å². The normalized spacial score (nSPS) is 12.6. The van der Waals surface area contributed by atoms with Gasteiger partial charge in [0.15, 0.2) is 0 Å². The van der Waals surface area contributed by atoms with Crippen LogP contribution < -0.4 is 0 Å². The molecule has 0 aromatic heterocycles. The van der Waals surface area contributed by atoms with Gasteiger partial charge in [0.2, 0.25) is 0 Å². The van der Waals surface area contributed by atoms with Crippen LogP contribution >= 0.6 is 11.8 Å². The second-order valence-corrected chi connectivity index (χ2v) is 7.68. The fraction of sp³-hybridized carbons (Fsp3) is 0.400. The van der Waals surface area contributed by atoms with Crippen molar-refractivity contribution >= 4 is 11.8 Å². The van der Waals surface area contributed by atoms with Crippen molar-refractivity contribution in [3.05, 3.63) is 53.6 Å². The summed E-state index contributed by atoms with van der Waals surface area (Å²) < 4.78 is 12.7. The minimum Gasteiger partial charge on any atom is -0.246 e. The lowest BCUT2D eigenvalue weighted by Gasteiger charge is -2.16. The molecule has 0 saturated heterocycles. The van der Waals surface area contributed by atoms with Gasteiger partial charge < -0.3 is 0 Å². The van der Waals surface area contributed by atoms with Crippen molar-refractivity contribution in [1.82, 2.24) is 0 Å². The van der Waals surface area contributed by atoms with E-state index in [0.29, 0.717) is 11.2 Å². The number of alkyl halides is 1. The number of hydrogen-bond donors (Lipinski definition) is 0. The van der Waals surface area contributed by atoms with Gasteiger partial charge >= 0.3 is 0 Å². The maximum atomic E-state index is 12.7. The van der Waals surface area contributed by atoms with Gasteiger partial charge in [-0.15, -0.1) is 11.8 Å². The monoisotopic (exact) mass is 316 g/mol. The minimum atomic E-state index is -0.402. The van der Waals surface area contributed by atoms with E-state index < -0.39 is 6.67 Å². The first-order chi connectivity index (χ1) is 10.5. The van der Waals surface area contributed by atoms with Crippen LogP contribution in [0, 0.1) is 0 Å². The number of benzene rings is 2. The highest BCUT2D eigenvalue weighted by atomic mass is 32.2. The summed E-state index contributed by atoms with van der Waals surface area (Å²) in [6.45, 7) is 8.53. The molecule has 0 spiro atoms. The molecule has 0 fully saturated rings. The van der Waals surface area contributed by atoms with E-state index in [1.54, 1.807) is 0 Å². The van der Waals surface area contributed by atoms with E-state index in [9.17, 15) is 4.39 Å². The molecule has 118 valence electrons. The van der Waals surface area contributed by atoms with Crippen molar-refractivity contribution in [3.8, 4) is 11.1 Å². The number of thioether (sulfide) groups is 1. The summed E-state index contributed by atoms with van der Waals surface area (Å²) in [6.07, 6.45) is 1.15. The molecule has 1 unspecified atom stereocenters. The Hall–Kier alpha value is -1.28. The van der Waals surface area contributed by atoms with E-state index in [4.69, 9.17) is 0 Å². The highest BCUT2D eigenvalue weighted by molar-refractivity contribution is 8.00. The molecule has 0 amide bonds. The molecule has 2 aromatic carbocycles. The maximum absolute atomic E-state index is 12.7. The summed E-state index contributed by atoms with van der Waals surface area (Å²) in [5, 5.41) is 0.538. The highest BCUT2D eigenvalue weighted by Gasteiger charge is 2.11. The lowest BCUT2D eigenvalue weighted by atomic mass is 9.95. The Kier molecular flexibility index (Phi) is 6.07. The van der Waals surface area contributed by atoms with Crippen LogP contribution in [0.1, 0.15) is 51.2 Å². The molecule has 22 heavy (non-hydrogen) atoms. The van der Waals surface area contributed by atoms with Crippen LogP contribution in [-0.4, -0.2) is 5.25 Å². The molecule has 0 saturated carbocycles. The van der Waals surface area contributed by atoms with Gasteiger partial charge in [-0.1, -0.05) is 64.1 Å². The predicted octanol–water partition coefficient (Wildman–Crippen LogP) is 6.84. The summed E-state index contributed by atoms with van der Waals surface area (Å²) in [7, 11) is 0. The van der Waals surface area contributed by atoms with Gasteiger partial charge in [-0.3, -0.25) is 0 Å². The lowest BCUT2D eigenvalue weighted by Crippen LogP contribution is -1.95. The second kappa shape index (κ2) is 7.82. The largest absolute Gasteiger partial charge is 0.246 e. The molecule has 2 heteroatoms. The number of halogens is 1. The van der Waals surface area contributed by atoms with Crippen LogP contribution in [-0.2, 0) is 6.67 Å². The van der Waals surface area contributed by atoms with Crippen molar-refractivity contribution in [3.63, 3.8) is 0 Å². The van der Waals surface area contributed by atoms with Gasteiger partial charge in [-0.2, -0.15) is 0 Å². The third kappa shape index (κ3) is 4.13. The van der Waals surface area contributed by atoms with Crippen LogP contribution in [0.15, 0.2) is 47.4 Å². The Labute approximate surface area is 138 Å². The van der Waals surface area contributed by atoms with Crippen LogP contribution in [0.5, 0.6) is 0 Å². The third-order valence-electron chi connectivity index (χ3n) is 3.97. The zero-order valence-electron chi connectivity index (χ0n) is 13.9. The summed E-state index contributed by atoms with van der Waals surface area (Å²) in [4.78, 5) is 1.32. The molecule has 0 aliphatic carbocycles. The fourth-order valence-electron chi connectivity index (χ4n) is 2.44. The van der Waals surface area contributed by atoms with Crippen molar-refractivity contribution in [2.75, 3.05) is 0 Å². The van der Waals surface area contributed by atoms with Crippen molar-refractivity contribution in [1.29, 1.82) is 0 Å². The standard InChI is InChI=1S/C20H25FS/c1-5-15(4)18-10-11-19(20(12-18)22-14(2)3)17-8-6-16(13-21)7-9-17/h6-12,14-15H,5,13H2,1-4H3. The lowest BCUT2D eigenvalue weighted by molar-refractivity contribution is 0.485. The van der Waals surface area contributed by atoms with E-state index in [0.717, 1.165) is 17.5 Å². The van der Waals surface area contributed by atoms with E-state index in [-0.39, 0.29) is 0 Å². The van der Waals surface area contributed by atoms with Gasteiger partial charge in [0.1, 0.15) is 6.67 Å². The van der Waals surface area contributed by atoms with Crippen molar-refractivity contribution < 1.29 is 4.39 Å². The zero-order chi connectivity index (χ0) is 16.1. The molecular weight excluding hydrogens is 291 g/mol. The Morgan fingerprint density at radius 1 is 1.00 bits per heavy atom. The smallest absolute Gasteiger partial charge is 0.115 e.